The molecule has 0 saturated carbocycles. The van der Waals surface area contributed by atoms with Gasteiger partial charge in [-0.2, -0.15) is 0 Å². The molecule has 1 N–H and O–H groups in total. The first-order valence-electron chi connectivity index (χ1n) is 5.98. The number of anilines is 1. The van der Waals surface area contributed by atoms with Gasteiger partial charge in [-0.1, -0.05) is 0 Å². The van der Waals surface area contributed by atoms with Gasteiger partial charge in [0.05, 0.1) is 26.5 Å². The van der Waals surface area contributed by atoms with Crippen LogP contribution in [-0.2, 0) is 14.3 Å². The van der Waals surface area contributed by atoms with E-state index in [-0.39, 0.29) is 6.61 Å². The van der Waals surface area contributed by atoms with Crippen molar-refractivity contribution < 1.29 is 23.8 Å². The summed E-state index contributed by atoms with van der Waals surface area (Å²) < 4.78 is 14.9. The zero-order valence-corrected chi connectivity index (χ0v) is 11.6. The minimum Gasteiger partial charge on any atom is -0.497 e. The van der Waals surface area contributed by atoms with Gasteiger partial charge in [-0.15, -0.1) is 0 Å². The van der Waals surface area contributed by atoms with E-state index in [9.17, 15) is 9.59 Å². The lowest BCUT2D eigenvalue weighted by molar-refractivity contribution is -0.137. The van der Waals surface area contributed by atoms with Crippen LogP contribution >= 0.6 is 0 Å². The lowest BCUT2D eigenvalue weighted by atomic mass is 10.2. The first kappa shape index (κ1) is 15.6. The third-order valence-electron chi connectivity index (χ3n) is 2.32. The number of hydrogen-bond acceptors (Lipinski definition) is 5. The van der Waals surface area contributed by atoms with Gasteiger partial charge in [-0.25, -0.2) is 4.79 Å². The predicted molar refractivity (Wildman–Crippen MR) is 73.9 cm³/mol. The molecule has 0 bridgehead atoms. The van der Waals surface area contributed by atoms with Crippen molar-refractivity contribution in [1.29, 1.82) is 0 Å². The van der Waals surface area contributed by atoms with Crippen molar-refractivity contribution in [3.63, 3.8) is 0 Å². The molecule has 0 aliphatic carbocycles. The number of nitrogens with one attached hydrogen (secondary N) is 1. The van der Waals surface area contributed by atoms with E-state index in [1.54, 1.807) is 25.1 Å². The third kappa shape index (κ3) is 4.64. The highest BCUT2D eigenvalue weighted by atomic mass is 16.5. The molecule has 1 amide bonds. The molecular weight excluding hydrogens is 262 g/mol. The van der Waals surface area contributed by atoms with Gasteiger partial charge in [-0.3, -0.25) is 4.79 Å². The second-order valence-electron chi connectivity index (χ2n) is 3.64. The summed E-state index contributed by atoms with van der Waals surface area (Å²) in [6.07, 6.45) is 2.16. The summed E-state index contributed by atoms with van der Waals surface area (Å²) in [4.78, 5) is 22.7. The molecule has 108 valence electrons. The fourth-order valence-electron chi connectivity index (χ4n) is 1.41. The molecule has 0 unspecified atom stereocenters. The van der Waals surface area contributed by atoms with Crippen molar-refractivity contribution in [2.75, 3.05) is 26.1 Å². The van der Waals surface area contributed by atoms with E-state index in [2.05, 4.69) is 10.1 Å². The van der Waals surface area contributed by atoms with E-state index in [0.29, 0.717) is 17.2 Å². The smallest absolute Gasteiger partial charge is 0.330 e. The van der Waals surface area contributed by atoms with Gasteiger partial charge >= 0.3 is 5.97 Å². The quantitative estimate of drug-likeness (QED) is 0.634. The maximum Gasteiger partial charge on any atom is 0.330 e. The van der Waals surface area contributed by atoms with Gasteiger partial charge in [0.1, 0.15) is 11.5 Å². The van der Waals surface area contributed by atoms with Crippen molar-refractivity contribution in [1.82, 2.24) is 0 Å². The molecule has 1 aromatic rings. The van der Waals surface area contributed by atoms with Crippen LogP contribution in [0.1, 0.15) is 6.92 Å². The molecule has 20 heavy (non-hydrogen) atoms. The van der Waals surface area contributed by atoms with Crippen LogP contribution in [0.3, 0.4) is 0 Å². The van der Waals surface area contributed by atoms with E-state index in [0.717, 1.165) is 12.2 Å². The molecular formula is C14H17NO5. The second-order valence-corrected chi connectivity index (χ2v) is 3.64. The number of benzene rings is 1. The lowest BCUT2D eigenvalue weighted by Crippen LogP contribution is -2.10. The van der Waals surface area contributed by atoms with Crippen LogP contribution in [0, 0.1) is 0 Å². The minimum atomic E-state index is -0.565. The monoisotopic (exact) mass is 279 g/mol. The maximum absolute atomic E-state index is 11.7. The van der Waals surface area contributed by atoms with Crippen LogP contribution in [0.2, 0.25) is 0 Å². The Hall–Kier alpha value is -2.50. The van der Waals surface area contributed by atoms with Crippen molar-refractivity contribution in [2.24, 2.45) is 0 Å². The Morgan fingerprint density at radius 3 is 2.55 bits per heavy atom. The summed E-state index contributed by atoms with van der Waals surface area (Å²) in [6, 6.07) is 4.98. The Kier molecular flexibility index (Phi) is 6.09. The van der Waals surface area contributed by atoms with Crippen LogP contribution < -0.4 is 14.8 Å². The second kappa shape index (κ2) is 7.83. The molecule has 0 atom stereocenters. The molecule has 0 radical (unpaired) electrons. The number of esters is 1. The molecule has 1 rings (SSSR count). The van der Waals surface area contributed by atoms with Crippen LogP contribution in [-0.4, -0.2) is 32.7 Å². The number of amides is 1. The summed E-state index contributed by atoms with van der Waals surface area (Å²) in [5.74, 6) is 0.0509. The number of hydrogen-bond donors (Lipinski definition) is 1. The van der Waals surface area contributed by atoms with Crippen LogP contribution in [0.4, 0.5) is 5.69 Å². The zero-order chi connectivity index (χ0) is 15.0. The normalized spacial score (nSPS) is 10.2. The summed E-state index contributed by atoms with van der Waals surface area (Å²) in [5.41, 5.74) is 0.479. The average Bonchev–Trinajstić information content (AvgIpc) is 2.46. The average molecular weight is 279 g/mol. The number of carbonyl (C=O) groups is 2. The molecule has 0 aliphatic heterocycles. The molecule has 0 aliphatic rings. The molecule has 0 saturated heterocycles. The van der Waals surface area contributed by atoms with E-state index in [4.69, 9.17) is 9.47 Å². The van der Waals surface area contributed by atoms with Gasteiger partial charge in [-0.05, 0) is 19.1 Å². The van der Waals surface area contributed by atoms with Crippen molar-refractivity contribution >= 4 is 17.6 Å². The van der Waals surface area contributed by atoms with Gasteiger partial charge in [0.15, 0.2) is 0 Å². The molecule has 0 spiro atoms. The number of ether oxygens (including phenoxy) is 3. The van der Waals surface area contributed by atoms with E-state index < -0.39 is 11.9 Å². The number of rotatable bonds is 6. The Bertz CT molecular complexity index is 510. The summed E-state index contributed by atoms with van der Waals surface area (Å²) in [7, 11) is 3.02. The Balaban J connectivity index is 2.73. The fourth-order valence-corrected chi connectivity index (χ4v) is 1.41. The standard InChI is InChI=1S/C14H17NO5/c1-4-20-14(17)8-7-13(16)15-11-6-5-10(18-2)9-12(11)19-3/h5-9H,4H2,1-3H3,(H,15,16)/b8-7+. The summed E-state index contributed by atoms with van der Waals surface area (Å²) in [6.45, 7) is 1.95. The largest absolute Gasteiger partial charge is 0.497 e. The Morgan fingerprint density at radius 1 is 1.20 bits per heavy atom. The van der Waals surface area contributed by atoms with Gasteiger partial charge in [0.25, 0.3) is 0 Å². The van der Waals surface area contributed by atoms with E-state index in [1.807, 2.05) is 0 Å². The molecule has 0 aromatic heterocycles. The third-order valence-corrected chi connectivity index (χ3v) is 2.32. The van der Waals surface area contributed by atoms with Gasteiger partial charge < -0.3 is 19.5 Å². The van der Waals surface area contributed by atoms with Gasteiger partial charge in [0, 0.05) is 18.2 Å². The van der Waals surface area contributed by atoms with Crippen molar-refractivity contribution in [3.05, 3.63) is 30.4 Å². The van der Waals surface area contributed by atoms with E-state index >= 15 is 0 Å². The maximum atomic E-state index is 11.7. The lowest BCUT2D eigenvalue weighted by Gasteiger charge is -2.10. The molecule has 0 heterocycles. The van der Waals surface area contributed by atoms with E-state index in [1.165, 1.54) is 14.2 Å². The predicted octanol–water partition coefficient (Wildman–Crippen LogP) is 1.76. The highest BCUT2D eigenvalue weighted by Crippen LogP contribution is 2.28. The zero-order valence-electron chi connectivity index (χ0n) is 11.6. The topological polar surface area (TPSA) is 73.9 Å². The molecule has 0 fully saturated rings. The summed E-state index contributed by atoms with van der Waals surface area (Å²) >= 11 is 0. The Labute approximate surface area is 117 Å². The minimum absolute atomic E-state index is 0.261. The van der Waals surface area contributed by atoms with Gasteiger partial charge in [0.2, 0.25) is 5.91 Å². The number of carbonyl (C=O) groups excluding carboxylic acids is 2. The van der Waals surface area contributed by atoms with Crippen LogP contribution in [0.15, 0.2) is 30.4 Å². The summed E-state index contributed by atoms with van der Waals surface area (Å²) in [5, 5.41) is 2.60. The highest BCUT2D eigenvalue weighted by molar-refractivity contribution is 6.03. The van der Waals surface area contributed by atoms with Crippen molar-refractivity contribution in [2.45, 2.75) is 6.92 Å². The first-order valence-corrected chi connectivity index (χ1v) is 5.98. The SMILES string of the molecule is CCOC(=O)/C=C/C(=O)Nc1ccc(OC)cc1OC. The van der Waals surface area contributed by atoms with Crippen molar-refractivity contribution in [3.8, 4) is 11.5 Å². The molecule has 6 nitrogen and oxygen atoms in total. The first-order chi connectivity index (χ1) is 9.60. The number of methoxy groups -OCH3 is 2. The van der Waals surface area contributed by atoms with Crippen LogP contribution in [0.25, 0.3) is 0 Å². The Morgan fingerprint density at radius 2 is 1.95 bits per heavy atom. The highest BCUT2D eigenvalue weighted by Gasteiger charge is 2.07. The molecule has 1 aromatic carbocycles. The van der Waals surface area contributed by atoms with Crippen LogP contribution in [0.5, 0.6) is 11.5 Å². The molecule has 6 heteroatoms. The fraction of sp³-hybridized carbons (Fsp3) is 0.286.